The summed E-state index contributed by atoms with van der Waals surface area (Å²) in [5.74, 6) is 7.88. The van der Waals surface area contributed by atoms with Crippen molar-refractivity contribution >= 4 is 0 Å². The van der Waals surface area contributed by atoms with Crippen LogP contribution in [-0.4, -0.2) is 13.1 Å². The molecule has 1 fully saturated rings. The molecule has 1 nitrogen and oxygen atoms in total. The maximum absolute atomic E-state index is 3.61. The quantitative estimate of drug-likeness (QED) is 0.544. The van der Waals surface area contributed by atoms with Crippen molar-refractivity contribution in [3.8, 4) is 11.8 Å². The zero-order chi connectivity index (χ0) is 13.3. The summed E-state index contributed by atoms with van der Waals surface area (Å²) in [5, 5.41) is 3.45. The van der Waals surface area contributed by atoms with Gasteiger partial charge in [-0.15, -0.1) is 5.92 Å². The van der Waals surface area contributed by atoms with E-state index in [0.29, 0.717) is 0 Å². The molecule has 1 aliphatic heterocycles. The highest BCUT2D eigenvalue weighted by Gasteiger charge is 2.31. The van der Waals surface area contributed by atoms with Crippen LogP contribution in [0, 0.1) is 23.2 Å². The second kappa shape index (κ2) is 8.59. The molecule has 1 rings (SSSR count). The van der Waals surface area contributed by atoms with Crippen molar-refractivity contribution in [3.63, 3.8) is 0 Å². The molecule has 0 aromatic carbocycles. The lowest BCUT2D eigenvalue weighted by Crippen LogP contribution is -2.36. The maximum Gasteiger partial charge on any atom is 0.0313 e. The van der Waals surface area contributed by atoms with Gasteiger partial charge < -0.3 is 5.32 Å². The summed E-state index contributed by atoms with van der Waals surface area (Å²) < 4.78 is 0. The van der Waals surface area contributed by atoms with E-state index in [9.17, 15) is 0 Å². The number of nitrogens with one attached hydrogen (secondary N) is 1. The van der Waals surface area contributed by atoms with E-state index in [4.69, 9.17) is 0 Å². The van der Waals surface area contributed by atoms with Crippen LogP contribution in [0.2, 0.25) is 0 Å². The Bertz CT molecular complexity index is 267. The van der Waals surface area contributed by atoms with Gasteiger partial charge in [-0.3, -0.25) is 0 Å². The highest BCUT2D eigenvalue weighted by Crippen LogP contribution is 2.36. The van der Waals surface area contributed by atoms with Gasteiger partial charge in [0.05, 0.1) is 0 Å². The first-order chi connectivity index (χ1) is 8.73. The average Bonchev–Trinajstić information content (AvgIpc) is 2.43. The zero-order valence-electron chi connectivity index (χ0n) is 12.6. The van der Waals surface area contributed by atoms with Gasteiger partial charge >= 0.3 is 0 Å². The second-order valence-corrected chi connectivity index (χ2v) is 5.91. The molecule has 0 radical (unpaired) electrons. The lowest BCUT2D eigenvalue weighted by atomic mass is 9.71. The first-order valence-electron chi connectivity index (χ1n) is 7.93. The normalized spacial score (nSPS) is 19.9. The minimum atomic E-state index is 0.257. The Morgan fingerprint density at radius 1 is 1.11 bits per heavy atom. The largest absolute Gasteiger partial charge is 0.317 e. The van der Waals surface area contributed by atoms with Crippen molar-refractivity contribution in [1.82, 2.24) is 5.32 Å². The molecule has 1 N–H and O–H groups in total. The van der Waals surface area contributed by atoms with E-state index in [1.54, 1.807) is 0 Å². The molecule has 1 saturated heterocycles. The van der Waals surface area contributed by atoms with Crippen LogP contribution < -0.4 is 5.32 Å². The van der Waals surface area contributed by atoms with Crippen LogP contribution in [0.1, 0.15) is 72.1 Å². The van der Waals surface area contributed by atoms with Crippen LogP contribution >= 0.6 is 0 Å². The summed E-state index contributed by atoms with van der Waals surface area (Å²) in [4.78, 5) is 0. The van der Waals surface area contributed by atoms with Crippen molar-refractivity contribution in [3.05, 3.63) is 0 Å². The summed E-state index contributed by atoms with van der Waals surface area (Å²) in [5.41, 5.74) is 0.257. The van der Waals surface area contributed by atoms with Gasteiger partial charge in [-0.1, -0.05) is 39.0 Å². The summed E-state index contributed by atoms with van der Waals surface area (Å²) >= 11 is 0. The molecular weight excluding hydrogens is 218 g/mol. The third-order valence-corrected chi connectivity index (χ3v) is 4.50. The number of hydrogen-bond donors (Lipinski definition) is 1. The van der Waals surface area contributed by atoms with Crippen molar-refractivity contribution < 1.29 is 0 Å². The summed E-state index contributed by atoms with van der Waals surface area (Å²) in [6.07, 6.45) is 10.2. The van der Waals surface area contributed by atoms with E-state index in [1.165, 1.54) is 58.0 Å². The molecule has 1 heteroatoms. The molecule has 1 atom stereocenters. The molecule has 0 saturated carbocycles. The fourth-order valence-electron chi connectivity index (χ4n) is 2.84. The van der Waals surface area contributed by atoms with E-state index in [1.807, 2.05) is 0 Å². The Balaban J connectivity index is 2.40. The Hall–Kier alpha value is -0.480. The SMILES string of the molecule is CCCCCCC#CC(C)(CC)C1CCNCC1. The smallest absolute Gasteiger partial charge is 0.0313 e. The molecule has 104 valence electrons. The van der Waals surface area contributed by atoms with Gasteiger partial charge in [0, 0.05) is 11.8 Å². The van der Waals surface area contributed by atoms with E-state index < -0.39 is 0 Å². The molecular formula is C17H31N. The summed E-state index contributed by atoms with van der Waals surface area (Å²) in [7, 11) is 0. The van der Waals surface area contributed by atoms with Gasteiger partial charge in [0.1, 0.15) is 0 Å². The number of rotatable bonds is 6. The second-order valence-electron chi connectivity index (χ2n) is 5.91. The lowest BCUT2D eigenvalue weighted by molar-refractivity contribution is 0.203. The van der Waals surface area contributed by atoms with Crippen molar-refractivity contribution in [1.29, 1.82) is 0 Å². The molecule has 1 heterocycles. The minimum Gasteiger partial charge on any atom is -0.317 e. The Morgan fingerprint density at radius 3 is 2.44 bits per heavy atom. The van der Waals surface area contributed by atoms with Crippen LogP contribution in [0.4, 0.5) is 0 Å². The van der Waals surface area contributed by atoms with Gasteiger partial charge in [-0.05, 0) is 51.6 Å². The van der Waals surface area contributed by atoms with Crippen LogP contribution in [0.15, 0.2) is 0 Å². The summed E-state index contributed by atoms with van der Waals surface area (Å²) in [6, 6.07) is 0. The predicted octanol–water partition coefficient (Wildman–Crippen LogP) is 4.38. The molecule has 0 bridgehead atoms. The molecule has 0 aromatic heterocycles. The number of hydrogen-bond acceptors (Lipinski definition) is 1. The minimum absolute atomic E-state index is 0.257. The zero-order valence-corrected chi connectivity index (χ0v) is 12.6. The van der Waals surface area contributed by atoms with Gasteiger partial charge in [-0.2, -0.15) is 0 Å². The Kier molecular flexibility index (Phi) is 7.44. The first-order valence-corrected chi connectivity index (χ1v) is 7.93. The van der Waals surface area contributed by atoms with Crippen molar-refractivity contribution in [2.45, 2.75) is 72.1 Å². The standard InChI is InChI=1S/C17H31N/c1-4-6-7-8-9-10-13-17(3,5-2)16-11-14-18-15-12-16/h16,18H,4-9,11-12,14-15H2,1-3H3. The highest BCUT2D eigenvalue weighted by molar-refractivity contribution is 5.12. The lowest BCUT2D eigenvalue weighted by Gasteiger charge is -2.35. The first kappa shape index (κ1) is 15.6. The van der Waals surface area contributed by atoms with E-state index in [0.717, 1.165) is 12.3 Å². The number of piperidine rings is 1. The molecule has 0 aromatic rings. The molecule has 0 spiro atoms. The maximum atomic E-state index is 3.61. The van der Waals surface area contributed by atoms with Gasteiger partial charge in [0.2, 0.25) is 0 Å². The van der Waals surface area contributed by atoms with Crippen molar-refractivity contribution in [2.75, 3.05) is 13.1 Å². The van der Waals surface area contributed by atoms with Gasteiger partial charge in [-0.25, -0.2) is 0 Å². The monoisotopic (exact) mass is 249 g/mol. The fourth-order valence-corrected chi connectivity index (χ4v) is 2.84. The molecule has 0 amide bonds. The molecule has 18 heavy (non-hydrogen) atoms. The third kappa shape index (κ3) is 5.02. The van der Waals surface area contributed by atoms with Crippen LogP contribution in [0.3, 0.4) is 0 Å². The van der Waals surface area contributed by atoms with E-state index in [-0.39, 0.29) is 5.41 Å². The molecule has 1 aliphatic rings. The van der Waals surface area contributed by atoms with Gasteiger partial charge in [0.15, 0.2) is 0 Å². The summed E-state index contributed by atoms with van der Waals surface area (Å²) in [6.45, 7) is 9.30. The fraction of sp³-hybridized carbons (Fsp3) is 0.882. The van der Waals surface area contributed by atoms with Crippen LogP contribution in [0.5, 0.6) is 0 Å². The predicted molar refractivity (Wildman–Crippen MR) is 80.5 cm³/mol. The van der Waals surface area contributed by atoms with Crippen LogP contribution in [0.25, 0.3) is 0 Å². The van der Waals surface area contributed by atoms with Crippen molar-refractivity contribution in [2.24, 2.45) is 11.3 Å². The number of unbranched alkanes of at least 4 members (excludes halogenated alkanes) is 4. The average molecular weight is 249 g/mol. The topological polar surface area (TPSA) is 12.0 Å². The van der Waals surface area contributed by atoms with Crippen LogP contribution in [-0.2, 0) is 0 Å². The Labute approximate surface area is 114 Å². The van der Waals surface area contributed by atoms with E-state index in [2.05, 4.69) is 37.9 Å². The third-order valence-electron chi connectivity index (χ3n) is 4.50. The highest BCUT2D eigenvalue weighted by atomic mass is 14.9. The Morgan fingerprint density at radius 2 is 1.83 bits per heavy atom. The van der Waals surface area contributed by atoms with Gasteiger partial charge in [0.25, 0.3) is 0 Å². The van der Waals surface area contributed by atoms with E-state index >= 15 is 0 Å². The molecule has 1 unspecified atom stereocenters. The molecule has 0 aliphatic carbocycles.